The molecule has 3 fully saturated rings. The van der Waals surface area contributed by atoms with E-state index in [9.17, 15) is 4.79 Å². The quantitative estimate of drug-likeness (QED) is 0.674. The van der Waals surface area contributed by atoms with Crippen molar-refractivity contribution in [1.29, 1.82) is 0 Å². The van der Waals surface area contributed by atoms with Gasteiger partial charge in [0.15, 0.2) is 12.6 Å². The highest BCUT2D eigenvalue weighted by Gasteiger charge is 2.44. The third kappa shape index (κ3) is 4.01. The molecule has 0 bridgehead atoms. The Hall–Kier alpha value is -1.34. The maximum absolute atomic E-state index is 13.1. The Morgan fingerprint density at radius 2 is 1.96 bits per heavy atom. The van der Waals surface area contributed by atoms with E-state index in [-0.39, 0.29) is 24.4 Å². The average Bonchev–Trinajstić information content (AvgIpc) is 3.31. The minimum absolute atomic E-state index is 0.0231. The van der Waals surface area contributed by atoms with Gasteiger partial charge in [-0.2, -0.15) is 0 Å². The molecule has 1 aliphatic carbocycles. The van der Waals surface area contributed by atoms with Crippen molar-refractivity contribution < 1.29 is 23.7 Å². The minimum Gasteiger partial charge on any atom is -0.466 e. The Bertz CT molecular complexity index is 696. The van der Waals surface area contributed by atoms with Gasteiger partial charge in [0.05, 0.1) is 18.2 Å². The van der Waals surface area contributed by atoms with Gasteiger partial charge < -0.3 is 23.8 Å². The number of halogens is 1. The van der Waals surface area contributed by atoms with Gasteiger partial charge in [0, 0.05) is 38.5 Å². The topological polar surface area (TPSA) is 57.2 Å². The molecule has 1 aromatic carbocycles. The highest BCUT2D eigenvalue weighted by Crippen LogP contribution is 2.39. The maximum atomic E-state index is 13.1. The largest absolute Gasteiger partial charge is 0.466 e. The van der Waals surface area contributed by atoms with E-state index in [0.29, 0.717) is 36.4 Å². The first-order chi connectivity index (χ1) is 13.6. The molecule has 1 amide bonds. The lowest BCUT2D eigenvalue weighted by atomic mass is 9.89. The fourth-order valence-electron chi connectivity index (χ4n) is 4.67. The highest BCUT2D eigenvalue weighted by molar-refractivity contribution is 6.32. The van der Waals surface area contributed by atoms with Crippen molar-refractivity contribution in [2.75, 3.05) is 33.7 Å². The number of hydrogen-bond acceptors (Lipinski definition) is 5. The first-order valence-corrected chi connectivity index (χ1v) is 10.5. The number of methoxy groups -OCH3 is 1. The number of likely N-dealkylation sites (tertiary alicyclic amines) is 1. The first-order valence-electron chi connectivity index (χ1n) is 10.1. The van der Waals surface area contributed by atoms with Crippen LogP contribution in [0.15, 0.2) is 18.2 Å². The molecular formula is C21H28ClNO5. The van der Waals surface area contributed by atoms with Crippen molar-refractivity contribution in [2.45, 2.75) is 50.4 Å². The summed E-state index contributed by atoms with van der Waals surface area (Å²) in [5, 5.41) is 0.570. The molecule has 4 rings (SSSR count). The summed E-state index contributed by atoms with van der Waals surface area (Å²) in [4.78, 5) is 15.1. The summed E-state index contributed by atoms with van der Waals surface area (Å²) >= 11 is 6.49. The predicted molar refractivity (Wildman–Crippen MR) is 104 cm³/mol. The van der Waals surface area contributed by atoms with E-state index in [1.165, 1.54) is 0 Å². The SMILES string of the molecule is COCOc1cccc(CC2CCN(C3CCC4(CC3)OCCO4)C2=O)c1Cl. The second-order valence-corrected chi connectivity index (χ2v) is 8.22. The van der Waals surface area contributed by atoms with Crippen molar-refractivity contribution in [1.82, 2.24) is 4.90 Å². The zero-order valence-electron chi connectivity index (χ0n) is 16.3. The third-order valence-electron chi connectivity index (χ3n) is 6.16. The summed E-state index contributed by atoms with van der Waals surface area (Å²) in [6, 6.07) is 5.99. The lowest BCUT2D eigenvalue weighted by Gasteiger charge is -2.39. The summed E-state index contributed by atoms with van der Waals surface area (Å²) in [7, 11) is 1.57. The Morgan fingerprint density at radius 3 is 2.68 bits per heavy atom. The van der Waals surface area contributed by atoms with E-state index in [0.717, 1.165) is 44.2 Å². The normalized spacial score (nSPS) is 25.0. The fraction of sp³-hybridized carbons (Fsp3) is 0.667. The summed E-state index contributed by atoms with van der Waals surface area (Å²) in [6.45, 7) is 2.34. The van der Waals surface area contributed by atoms with Gasteiger partial charge in [-0.1, -0.05) is 23.7 Å². The van der Waals surface area contributed by atoms with Crippen molar-refractivity contribution in [2.24, 2.45) is 5.92 Å². The van der Waals surface area contributed by atoms with Crippen LogP contribution in [0.5, 0.6) is 5.75 Å². The molecule has 1 saturated carbocycles. The molecule has 6 nitrogen and oxygen atoms in total. The van der Waals surface area contributed by atoms with Crippen LogP contribution in [0, 0.1) is 5.92 Å². The Morgan fingerprint density at radius 1 is 1.21 bits per heavy atom. The Balaban J connectivity index is 1.36. The van der Waals surface area contributed by atoms with Gasteiger partial charge in [-0.25, -0.2) is 0 Å². The molecule has 0 radical (unpaired) electrons. The number of carbonyl (C=O) groups is 1. The molecule has 28 heavy (non-hydrogen) atoms. The van der Waals surface area contributed by atoms with Crippen LogP contribution >= 0.6 is 11.6 Å². The lowest BCUT2D eigenvalue weighted by molar-refractivity contribution is -0.184. The first kappa shape index (κ1) is 20.0. The molecule has 3 aliphatic rings. The van der Waals surface area contributed by atoms with Crippen LogP contribution in [0.2, 0.25) is 5.02 Å². The van der Waals surface area contributed by atoms with Gasteiger partial charge >= 0.3 is 0 Å². The minimum atomic E-state index is -0.380. The average molecular weight is 410 g/mol. The smallest absolute Gasteiger partial charge is 0.226 e. The highest BCUT2D eigenvalue weighted by atomic mass is 35.5. The van der Waals surface area contributed by atoms with Gasteiger partial charge in [0.1, 0.15) is 5.75 Å². The van der Waals surface area contributed by atoms with Crippen molar-refractivity contribution in [3.05, 3.63) is 28.8 Å². The summed E-state index contributed by atoms with van der Waals surface area (Å²) in [5.74, 6) is 0.436. The molecule has 1 unspecified atom stereocenters. The zero-order valence-corrected chi connectivity index (χ0v) is 17.1. The summed E-state index contributed by atoms with van der Waals surface area (Å²) in [5.41, 5.74) is 0.950. The van der Waals surface area contributed by atoms with E-state index in [1.54, 1.807) is 7.11 Å². The Labute approximate surface area is 171 Å². The van der Waals surface area contributed by atoms with Crippen LogP contribution in [0.4, 0.5) is 0 Å². The van der Waals surface area contributed by atoms with Crippen molar-refractivity contribution in [3.8, 4) is 5.75 Å². The number of rotatable bonds is 6. The maximum Gasteiger partial charge on any atom is 0.226 e. The van der Waals surface area contributed by atoms with Crippen LogP contribution in [-0.2, 0) is 25.4 Å². The predicted octanol–water partition coefficient (Wildman–Crippen LogP) is 3.40. The molecule has 7 heteroatoms. The van der Waals surface area contributed by atoms with Crippen molar-refractivity contribution in [3.63, 3.8) is 0 Å². The van der Waals surface area contributed by atoms with Gasteiger partial charge in [0.25, 0.3) is 0 Å². The molecule has 1 atom stereocenters. The van der Waals surface area contributed by atoms with E-state index in [4.69, 9.17) is 30.5 Å². The van der Waals surface area contributed by atoms with Gasteiger partial charge in [-0.05, 0) is 37.3 Å². The summed E-state index contributed by atoms with van der Waals surface area (Å²) < 4.78 is 22.1. The Kier molecular flexibility index (Phi) is 6.11. The fourth-order valence-corrected chi connectivity index (χ4v) is 4.93. The number of carbonyl (C=O) groups excluding carboxylic acids is 1. The molecule has 0 aromatic heterocycles. The molecule has 0 N–H and O–H groups in total. The van der Waals surface area contributed by atoms with Crippen LogP contribution in [0.1, 0.15) is 37.7 Å². The summed E-state index contributed by atoms with van der Waals surface area (Å²) in [6.07, 6.45) is 5.14. The molecule has 1 aromatic rings. The monoisotopic (exact) mass is 409 g/mol. The molecule has 154 valence electrons. The second-order valence-electron chi connectivity index (χ2n) is 7.84. The number of benzene rings is 1. The molecule has 2 aliphatic heterocycles. The molecule has 1 spiro atoms. The zero-order chi connectivity index (χ0) is 19.6. The molecule has 2 saturated heterocycles. The van der Waals surface area contributed by atoms with E-state index in [1.807, 2.05) is 18.2 Å². The molecular weight excluding hydrogens is 382 g/mol. The number of hydrogen-bond donors (Lipinski definition) is 0. The van der Waals surface area contributed by atoms with E-state index in [2.05, 4.69) is 4.90 Å². The van der Waals surface area contributed by atoms with Crippen molar-refractivity contribution >= 4 is 17.5 Å². The lowest BCUT2D eigenvalue weighted by Crippen LogP contribution is -2.45. The van der Waals surface area contributed by atoms with Crippen LogP contribution in [0.25, 0.3) is 0 Å². The van der Waals surface area contributed by atoms with Crippen LogP contribution < -0.4 is 4.74 Å². The molecule has 2 heterocycles. The van der Waals surface area contributed by atoms with Gasteiger partial charge in [-0.15, -0.1) is 0 Å². The van der Waals surface area contributed by atoms with Crippen LogP contribution in [-0.4, -0.2) is 56.3 Å². The number of ether oxygens (including phenoxy) is 4. The second kappa shape index (κ2) is 8.57. The third-order valence-corrected chi connectivity index (χ3v) is 6.59. The van der Waals surface area contributed by atoms with Gasteiger partial charge in [-0.3, -0.25) is 4.79 Å². The number of amides is 1. The van der Waals surface area contributed by atoms with E-state index >= 15 is 0 Å². The van der Waals surface area contributed by atoms with Crippen LogP contribution in [0.3, 0.4) is 0 Å². The standard InChI is InChI=1S/C21H28ClNO5/c1-25-14-26-18-4-2-3-15(19(18)22)13-16-7-10-23(20(16)24)17-5-8-21(9-6-17)27-11-12-28-21/h2-4,16-17H,5-14H2,1H3. The number of nitrogens with zero attached hydrogens (tertiary/aromatic N) is 1. The van der Waals surface area contributed by atoms with E-state index < -0.39 is 0 Å². The van der Waals surface area contributed by atoms with Gasteiger partial charge in [0.2, 0.25) is 5.91 Å².